The fourth-order valence-electron chi connectivity index (χ4n) is 1.80. The summed E-state index contributed by atoms with van der Waals surface area (Å²) >= 11 is 0. The van der Waals surface area contributed by atoms with Crippen molar-refractivity contribution in [3.8, 4) is 11.5 Å². The summed E-state index contributed by atoms with van der Waals surface area (Å²) in [7, 11) is 1.40. The number of Topliss-reactive ketones (excluding diaryl/α,β-unsaturated/α-hetero) is 2. The number of carbonyl (C=O) groups excluding carboxylic acids is 2. The molecule has 6 heteroatoms. The van der Waals surface area contributed by atoms with Crippen molar-refractivity contribution in [3.63, 3.8) is 0 Å². The number of aromatic hydroxyl groups is 1. The predicted octanol–water partition coefficient (Wildman–Crippen LogP) is 2.04. The number of ketones is 2. The van der Waals surface area contributed by atoms with Crippen LogP contribution in [0.4, 0.5) is 0 Å². The summed E-state index contributed by atoms with van der Waals surface area (Å²) in [5, 5.41) is 16.8. The lowest BCUT2D eigenvalue weighted by molar-refractivity contribution is 0.0914. The second-order valence-corrected chi connectivity index (χ2v) is 4.34. The van der Waals surface area contributed by atoms with Crippen molar-refractivity contribution in [1.29, 1.82) is 0 Å². The third-order valence-electron chi connectivity index (χ3n) is 2.94. The Hall–Kier alpha value is -2.76. The minimum Gasteiger partial charge on any atom is -0.504 e. The number of nitrogens with zero attached hydrogens (tertiary/aromatic N) is 2. The number of carbonyl (C=O) groups is 2. The number of methoxy groups -OCH3 is 1. The van der Waals surface area contributed by atoms with Crippen molar-refractivity contribution in [1.82, 2.24) is 10.2 Å². The zero-order valence-corrected chi connectivity index (χ0v) is 11.4. The van der Waals surface area contributed by atoms with Crippen molar-refractivity contribution in [2.45, 2.75) is 12.8 Å². The SMILES string of the molecule is COc1cc(C(=O)CCC(=O)c2cccnn2)ccc1O. The van der Waals surface area contributed by atoms with Crippen LogP contribution in [0, 0.1) is 0 Å². The van der Waals surface area contributed by atoms with Crippen LogP contribution in [-0.4, -0.2) is 34.0 Å². The number of hydrogen-bond acceptors (Lipinski definition) is 6. The topological polar surface area (TPSA) is 89.4 Å². The van der Waals surface area contributed by atoms with Crippen LogP contribution >= 0.6 is 0 Å². The van der Waals surface area contributed by atoms with E-state index in [4.69, 9.17) is 4.74 Å². The molecule has 0 radical (unpaired) electrons. The van der Waals surface area contributed by atoms with Gasteiger partial charge in [-0.25, -0.2) is 0 Å². The largest absolute Gasteiger partial charge is 0.504 e. The second-order valence-electron chi connectivity index (χ2n) is 4.34. The summed E-state index contributed by atoms with van der Waals surface area (Å²) in [5.74, 6) is -0.251. The molecule has 0 saturated carbocycles. The van der Waals surface area contributed by atoms with E-state index in [0.717, 1.165) is 0 Å². The van der Waals surface area contributed by atoms with Gasteiger partial charge in [0.1, 0.15) is 5.69 Å². The highest BCUT2D eigenvalue weighted by atomic mass is 16.5. The standard InChI is InChI=1S/C15H14N2O4/c1-21-15-9-10(4-5-14(15)20)12(18)6-7-13(19)11-3-2-8-16-17-11/h2-5,8-9,20H,6-7H2,1H3. The van der Waals surface area contributed by atoms with Crippen molar-refractivity contribution in [2.24, 2.45) is 0 Å². The highest BCUT2D eigenvalue weighted by Crippen LogP contribution is 2.26. The van der Waals surface area contributed by atoms with Gasteiger partial charge in [0.05, 0.1) is 7.11 Å². The van der Waals surface area contributed by atoms with E-state index in [1.807, 2.05) is 0 Å². The first-order valence-electron chi connectivity index (χ1n) is 6.33. The van der Waals surface area contributed by atoms with Gasteiger partial charge in [0.2, 0.25) is 0 Å². The van der Waals surface area contributed by atoms with Gasteiger partial charge in [-0.15, -0.1) is 5.10 Å². The Morgan fingerprint density at radius 3 is 2.62 bits per heavy atom. The first-order valence-corrected chi connectivity index (χ1v) is 6.33. The highest BCUT2D eigenvalue weighted by molar-refractivity contribution is 6.01. The molecule has 6 nitrogen and oxygen atoms in total. The average molecular weight is 286 g/mol. The van der Waals surface area contributed by atoms with Crippen molar-refractivity contribution in [3.05, 3.63) is 47.8 Å². The average Bonchev–Trinajstić information content (AvgIpc) is 2.53. The van der Waals surface area contributed by atoms with Crippen LogP contribution in [0.15, 0.2) is 36.5 Å². The van der Waals surface area contributed by atoms with E-state index in [0.29, 0.717) is 5.56 Å². The number of phenolic OH excluding ortho intramolecular Hbond substituents is 1. The third kappa shape index (κ3) is 3.62. The Labute approximate surface area is 121 Å². The molecule has 1 aromatic carbocycles. The lowest BCUT2D eigenvalue weighted by Gasteiger charge is -2.06. The number of hydrogen-bond donors (Lipinski definition) is 1. The Kier molecular flexibility index (Phi) is 4.61. The summed E-state index contributed by atoms with van der Waals surface area (Å²) < 4.78 is 4.94. The molecule has 108 valence electrons. The molecule has 0 aliphatic heterocycles. The van der Waals surface area contributed by atoms with Gasteiger partial charge in [0, 0.05) is 24.6 Å². The molecular weight excluding hydrogens is 272 g/mol. The predicted molar refractivity (Wildman–Crippen MR) is 74.6 cm³/mol. The molecule has 21 heavy (non-hydrogen) atoms. The molecule has 2 rings (SSSR count). The van der Waals surface area contributed by atoms with Gasteiger partial charge in [0.15, 0.2) is 23.1 Å². The van der Waals surface area contributed by atoms with Gasteiger partial charge in [-0.1, -0.05) is 0 Å². The maximum Gasteiger partial charge on any atom is 0.183 e. The Balaban J connectivity index is 2.00. The van der Waals surface area contributed by atoms with E-state index in [9.17, 15) is 14.7 Å². The molecule has 1 aromatic heterocycles. The Morgan fingerprint density at radius 1 is 1.19 bits per heavy atom. The van der Waals surface area contributed by atoms with E-state index in [2.05, 4.69) is 10.2 Å². The molecule has 1 heterocycles. The first kappa shape index (κ1) is 14.6. The summed E-state index contributed by atoms with van der Waals surface area (Å²) in [6.07, 6.45) is 1.59. The van der Waals surface area contributed by atoms with Crippen molar-refractivity contribution in [2.75, 3.05) is 7.11 Å². The minimum atomic E-state index is -0.234. The van der Waals surface area contributed by atoms with E-state index in [1.54, 1.807) is 12.1 Å². The summed E-state index contributed by atoms with van der Waals surface area (Å²) in [4.78, 5) is 23.9. The van der Waals surface area contributed by atoms with Crippen LogP contribution in [0.3, 0.4) is 0 Å². The molecule has 0 saturated heterocycles. The molecule has 0 aliphatic rings. The zero-order valence-electron chi connectivity index (χ0n) is 11.4. The third-order valence-corrected chi connectivity index (χ3v) is 2.94. The van der Waals surface area contributed by atoms with Gasteiger partial charge in [-0.2, -0.15) is 5.10 Å². The van der Waals surface area contributed by atoms with Crippen LogP contribution < -0.4 is 4.74 Å². The minimum absolute atomic E-state index is 0.0373. The summed E-state index contributed by atoms with van der Waals surface area (Å²) in [5.41, 5.74) is 0.630. The lowest BCUT2D eigenvalue weighted by Crippen LogP contribution is -2.07. The van der Waals surface area contributed by atoms with Crippen LogP contribution in [-0.2, 0) is 0 Å². The van der Waals surface area contributed by atoms with Gasteiger partial charge in [0.25, 0.3) is 0 Å². The van der Waals surface area contributed by atoms with Crippen molar-refractivity contribution >= 4 is 11.6 Å². The molecule has 0 aliphatic carbocycles. The normalized spacial score (nSPS) is 10.1. The smallest absolute Gasteiger partial charge is 0.183 e. The number of aromatic nitrogens is 2. The van der Waals surface area contributed by atoms with Gasteiger partial charge >= 0.3 is 0 Å². The van der Waals surface area contributed by atoms with Crippen LogP contribution in [0.25, 0.3) is 0 Å². The highest BCUT2D eigenvalue weighted by Gasteiger charge is 2.13. The number of benzene rings is 1. The van der Waals surface area contributed by atoms with E-state index in [1.165, 1.54) is 31.5 Å². The summed E-state index contributed by atoms with van der Waals surface area (Å²) in [6, 6.07) is 7.50. The quantitative estimate of drug-likeness (QED) is 0.817. The fourth-order valence-corrected chi connectivity index (χ4v) is 1.80. The molecule has 1 N–H and O–H groups in total. The first-order chi connectivity index (χ1) is 10.1. The zero-order chi connectivity index (χ0) is 15.2. The molecule has 0 amide bonds. The van der Waals surface area contributed by atoms with Crippen LogP contribution in [0.2, 0.25) is 0 Å². The molecular formula is C15H14N2O4. The van der Waals surface area contributed by atoms with Crippen LogP contribution in [0.5, 0.6) is 11.5 Å². The maximum atomic E-state index is 12.0. The number of ether oxygens (including phenoxy) is 1. The molecule has 0 bridgehead atoms. The second kappa shape index (κ2) is 6.60. The molecule has 0 spiro atoms. The van der Waals surface area contributed by atoms with Crippen LogP contribution in [0.1, 0.15) is 33.7 Å². The molecule has 0 fully saturated rings. The number of rotatable bonds is 6. The molecule has 0 atom stereocenters. The molecule has 2 aromatic rings. The fraction of sp³-hybridized carbons (Fsp3) is 0.200. The monoisotopic (exact) mass is 286 g/mol. The lowest BCUT2D eigenvalue weighted by atomic mass is 10.0. The van der Waals surface area contributed by atoms with E-state index >= 15 is 0 Å². The van der Waals surface area contributed by atoms with Gasteiger partial charge in [-0.05, 0) is 30.3 Å². The van der Waals surface area contributed by atoms with Crippen molar-refractivity contribution < 1.29 is 19.4 Å². The Morgan fingerprint density at radius 2 is 1.95 bits per heavy atom. The van der Waals surface area contributed by atoms with E-state index < -0.39 is 0 Å². The Bertz CT molecular complexity index is 656. The van der Waals surface area contributed by atoms with Gasteiger partial charge in [-0.3, -0.25) is 9.59 Å². The molecule has 0 unspecified atom stereocenters. The number of phenols is 1. The van der Waals surface area contributed by atoms with Gasteiger partial charge < -0.3 is 9.84 Å². The van der Waals surface area contributed by atoms with E-state index in [-0.39, 0.29) is 41.6 Å². The summed E-state index contributed by atoms with van der Waals surface area (Å²) in [6.45, 7) is 0. The maximum absolute atomic E-state index is 12.0.